The molecule has 1 fully saturated rings. The fourth-order valence-electron chi connectivity index (χ4n) is 2.14. The van der Waals surface area contributed by atoms with Crippen LogP contribution in [0.3, 0.4) is 0 Å². The van der Waals surface area contributed by atoms with Crippen molar-refractivity contribution in [3.63, 3.8) is 0 Å². The highest BCUT2D eigenvalue weighted by Crippen LogP contribution is 2.47. The number of hydrogen-bond acceptors (Lipinski definition) is 5. The van der Waals surface area contributed by atoms with Crippen LogP contribution >= 0.6 is 8.53 Å². The van der Waals surface area contributed by atoms with E-state index in [4.69, 9.17) is 14.4 Å². The Kier molecular flexibility index (Phi) is 7.82. The summed E-state index contributed by atoms with van der Waals surface area (Å²) in [4.78, 5) is 0. The van der Waals surface area contributed by atoms with E-state index in [-0.39, 0.29) is 0 Å². The summed E-state index contributed by atoms with van der Waals surface area (Å²) < 4.78 is 14.1. The number of hydrogen-bond donors (Lipinski definition) is 0. The molecule has 1 atom stereocenters. The van der Waals surface area contributed by atoms with Crippen molar-refractivity contribution < 1.29 is 9.15 Å². The van der Waals surface area contributed by atoms with Gasteiger partial charge in [0.05, 0.1) is 19.1 Å². The van der Waals surface area contributed by atoms with Crippen LogP contribution in [0.1, 0.15) is 47.0 Å². The molecule has 1 unspecified atom stereocenters. The van der Waals surface area contributed by atoms with Crippen molar-refractivity contribution in [1.82, 2.24) is 9.73 Å². The van der Waals surface area contributed by atoms with Gasteiger partial charge in [-0.25, -0.2) is 9.29 Å². The highest BCUT2D eigenvalue weighted by atomic mass is 31.2. The van der Waals surface area contributed by atoms with E-state index in [1.165, 1.54) is 12.8 Å². The molecule has 0 aromatic carbocycles. The van der Waals surface area contributed by atoms with Crippen LogP contribution < -0.4 is 0 Å². The maximum absolute atomic E-state index is 8.63. The Bertz CT molecular complexity index is 280. The minimum Gasteiger partial charge on any atom is -0.320 e. The second-order valence-electron chi connectivity index (χ2n) is 5.26. The van der Waals surface area contributed by atoms with Crippen molar-refractivity contribution in [2.24, 2.45) is 0 Å². The van der Waals surface area contributed by atoms with Crippen molar-refractivity contribution in [3.05, 3.63) is 0 Å². The molecular weight excluding hydrogens is 261 g/mol. The van der Waals surface area contributed by atoms with Crippen LogP contribution in [0.15, 0.2) is 0 Å². The third-order valence-electron chi connectivity index (χ3n) is 2.91. The lowest BCUT2D eigenvalue weighted by Crippen LogP contribution is -2.35. The standard InChI is InChI=1S/C13H26N3O2P/c1-12(2)16(13(3)4)19(17-11-7-8-14)18-15-9-5-6-10-15/h12-13H,5-7,9-11H2,1-4H3. The Hall–Kier alpha value is -0.240. The Morgan fingerprint density at radius 3 is 2.26 bits per heavy atom. The molecule has 0 aromatic heterocycles. The second kappa shape index (κ2) is 8.84. The summed E-state index contributed by atoms with van der Waals surface area (Å²) in [5.41, 5.74) is 0. The van der Waals surface area contributed by atoms with Gasteiger partial charge in [0, 0.05) is 25.2 Å². The zero-order valence-corrected chi connectivity index (χ0v) is 13.4. The predicted octanol–water partition coefficient (Wildman–Crippen LogP) is 3.29. The molecule has 0 saturated carbocycles. The van der Waals surface area contributed by atoms with Gasteiger partial charge in [-0.05, 0) is 40.5 Å². The van der Waals surface area contributed by atoms with Crippen molar-refractivity contribution in [3.8, 4) is 6.07 Å². The maximum Gasteiger partial charge on any atom is 0.277 e. The zero-order valence-electron chi connectivity index (χ0n) is 12.5. The molecule has 0 N–H and O–H groups in total. The van der Waals surface area contributed by atoms with Crippen molar-refractivity contribution in [2.75, 3.05) is 19.7 Å². The summed E-state index contributed by atoms with van der Waals surface area (Å²) in [7, 11) is -1.12. The molecule has 1 rings (SSSR count). The van der Waals surface area contributed by atoms with E-state index in [0.29, 0.717) is 25.1 Å². The molecule has 1 saturated heterocycles. The van der Waals surface area contributed by atoms with Crippen molar-refractivity contribution >= 4 is 8.53 Å². The van der Waals surface area contributed by atoms with E-state index in [9.17, 15) is 0 Å². The van der Waals surface area contributed by atoms with E-state index in [1.807, 2.05) is 5.06 Å². The Morgan fingerprint density at radius 2 is 1.79 bits per heavy atom. The van der Waals surface area contributed by atoms with Gasteiger partial charge in [0.25, 0.3) is 8.53 Å². The molecule has 0 radical (unpaired) electrons. The van der Waals surface area contributed by atoms with Crippen LogP contribution in [0.2, 0.25) is 0 Å². The summed E-state index contributed by atoms with van der Waals surface area (Å²) in [6.07, 6.45) is 2.78. The van der Waals surface area contributed by atoms with Crippen LogP contribution in [-0.4, -0.2) is 41.5 Å². The fourth-order valence-corrected chi connectivity index (χ4v) is 3.77. The summed E-state index contributed by atoms with van der Waals surface area (Å²) in [5.74, 6) is 0. The first-order valence-electron chi connectivity index (χ1n) is 7.07. The molecule has 1 heterocycles. The van der Waals surface area contributed by atoms with Crippen LogP contribution in [0.4, 0.5) is 0 Å². The third-order valence-corrected chi connectivity index (χ3v) is 4.99. The smallest absolute Gasteiger partial charge is 0.277 e. The Labute approximate surface area is 118 Å². The highest BCUT2D eigenvalue weighted by molar-refractivity contribution is 7.44. The molecule has 110 valence electrons. The molecule has 1 aliphatic rings. The Morgan fingerprint density at radius 1 is 1.21 bits per heavy atom. The van der Waals surface area contributed by atoms with E-state index in [0.717, 1.165) is 13.1 Å². The van der Waals surface area contributed by atoms with Crippen LogP contribution in [-0.2, 0) is 9.15 Å². The van der Waals surface area contributed by atoms with Gasteiger partial charge >= 0.3 is 0 Å². The van der Waals surface area contributed by atoms with Crippen LogP contribution in [0, 0.1) is 11.3 Å². The van der Waals surface area contributed by atoms with Gasteiger partial charge in [-0.3, -0.25) is 0 Å². The molecule has 6 heteroatoms. The molecular formula is C13H26N3O2P. The lowest BCUT2D eigenvalue weighted by Gasteiger charge is -2.36. The number of nitriles is 1. The quantitative estimate of drug-likeness (QED) is 0.506. The summed E-state index contributed by atoms with van der Waals surface area (Å²) in [6.45, 7) is 11.0. The lowest BCUT2D eigenvalue weighted by molar-refractivity contribution is -0.0501. The molecule has 0 bridgehead atoms. The van der Waals surface area contributed by atoms with Gasteiger partial charge in [-0.15, -0.1) is 0 Å². The van der Waals surface area contributed by atoms with Gasteiger partial charge < -0.3 is 4.52 Å². The number of rotatable bonds is 8. The normalized spacial score (nSPS) is 18.4. The molecule has 0 amide bonds. The first-order chi connectivity index (χ1) is 9.06. The van der Waals surface area contributed by atoms with Gasteiger partial charge in [0.15, 0.2) is 0 Å². The van der Waals surface area contributed by atoms with Gasteiger partial charge in [-0.2, -0.15) is 10.3 Å². The first-order valence-corrected chi connectivity index (χ1v) is 8.20. The van der Waals surface area contributed by atoms with E-state index in [1.54, 1.807) is 0 Å². The Balaban J connectivity index is 2.62. The SMILES string of the molecule is CC(C)N(C(C)C)P(OCCC#N)ON1CCCC1. The zero-order chi connectivity index (χ0) is 14.3. The minimum atomic E-state index is -1.12. The number of nitrogens with zero attached hydrogens (tertiary/aromatic N) is 3. The second-order valence-corrected chi connectivity index (χ2v) is 6.62. The highest BCUT2D eigenvalue weighted by Gasteiger charge is 2.30. The maximum atomic E-state index is 8.63. The molecule has 0 aromatic rings. The van der Waals surface area contributed by atoms with Gasteiger partial charge in [0.1, 0.15) is 0 Å². The first kappa shape index (κ1) is 16.8. The van der Waals surface area contributed by atoms with Crippen LogP contribution in [0.25, 0.3) is 0 Å². The molecule has 1 aliphatic heterocycles. The van der Waals surface area contributed by atoms with Crippen LogP contribution in [0.5, 0.6) is 0 Å². The van der Waals surface area contributed by atoms with Gasteiger partial charge in [-0.1, -0.05) is 0 Å². The topological polar surface area (TPSA) is 48.7 Å². The summed E-state index contributed by atoms with van der Waals surface area (Å²) in [6, 6.07) is 2.83. The molecule has 19 heavy (non-hydrogen) atoms. The monoisotopic (exact) mass is 287 g/mol. The largest absolute Gasteiger partial charge is 0.320 e. The molecule has 0 aliphatic carbocycles. The lowest BCUT2D eigenvalue weighted by atomic mass is 10.3. The average Bonchev–Trinajstić information content (AvgIpc) is 2.81. The average molecular weight is 287 g/mol. The minimum absolute atomic E-state index is 0.357. The van der Waals surface area contributed by atoms with E-state index in [2.05, 4.69) is 38.4 Å². The molecule has 0 spiro atoms. The number of hydroxylamine groups is 2. The van der Waals surface area contributed by atoms with Gasteiger partial charge in [0.2, 0.25) is 0 Å². The fraction of sp³-hybridized carbons (Fsp3) is 0.923. The predicted molar refractivity (Wildman–Crippen MR) is 77.1 cm³/mol. The third kappa shape index (κ3) is 5.72. The van der Waals surface area contributed by atoms with E-state index < -0.39 is 8.53 Å². The van der Waals surface area contributed by atoms with E-state index >= 15 is 0 Å². The van der Waals surface area contributed by atoms with Crippen molar-refractivity contribution in [2.45, 2.75) is 59.0 Å². The summed E-state index contributed by atoms with van der Waals surface area (Å²) >= 11 is 0. The molecule has 5 nitrogen and oxygen atoms in total. The summed E-state index contributed by atoms with van der Waals surface area (Å²) in [5, 5.41) is 10.6. The van der Waals surface area contributed by atoms with Crippen molar-refractivity contribution in [1.29, 1.82) is 5.26 Å².